The molecule has 15 heavy (non-hydrogen) atoms. The van der Waals surface area contributed by atoms with Gasteiger partial charge in [-0.15, -0.1) is 0 Å². The maximum atomic E-state index is 9.20. The molecule has 0 fully saturated rings. The van der Waals surface area contributed by atoms with E-state index in [1.807, 2.05) is 12.1 Å². The molecule has 0 saturated heterocycles. The van der Waals surface area contributed by atoms with E-state index in [0.717, 1.165) is 17.3 Å². The van der Waals surface area contributed by atoms with E-state index in [9.17, 15) is 5.11 Å². The number of ether oxygens (including phenoxy) is 1. The first-order valence-electron chi connectivity index (χ1n) is 5.10. The maximum Gasteiger partial charge on any atom is 0.0465 e. The Morgan fingerprint density at radius 3 is 2.53 bits per heavy atom. The van der Waals surface area contributed by atoms with Gasteiger partial charge in [-0.1, -0.05) is 28.1 Å². The number of halogens is 1. The van der Waals surface area contributed by atoms with Crippen molar-refractivity contribution in [3.63, 3.8) is 0 Å². The second-order valence-corrected chi connectivity index (χ2v) is 4.58. The highest BCUT2D eigenvalue weighted by Crippen LogP contribution is 2.15. The molecular formula is C12H17BrO2. The molecule has 0 heterocycles. The lowest BCUT2D eigenvalue weighted by Gasteiger charge is -2.13. The van der Waals surface area contributed by atoms with Crippen molar-refractivity contribution in [2.75, 3.05) is 20.3 Å². The second-order valence-electron chi connectivity index (χ2n) is 3.66. The van der Waals surface area contributed by atoms with Gasteiger partial charge in [0.1, 0.15) is 0 Å². The quantitative estimate of drug-likeness (QED) is 0.863. The van der Waals surface area contributed by atoms with Crippen LogP contribution in [0.15, 0.2) is 28.7 Å². The van der Waals surface area contributed by atoms with Gasteiger partial charge in [-0.25, -0.2) is 0 Å². The largest absolute Gasteiger partial charge is 0.396 e. The lowest BCUT2D eigenvalue weighted by atomic mass is 9.97. The van der Waals surface area contributed by atoms with E-state index in [4.69, 9.17) is 4.74 Å². The van der Waals surface area contributed by atoms with Crippen LogP contribution in [0.1, 0.15) is 12.0 Å². The molecule has 3 heteroatoms. The average Bonchev–Trinajstić information content (AvgIpc) is 2.27. The summed E-state index contributed by atoms with van der Waals surface area (Å²) >= 11 is 3.40. The molecule has 0 saturated carbocycles. The minimum Gasteiger partial charge on any atom is -0.396 e. The van der Waals surface area contributed by atoms with E-state index in [0.29, 0.717) is 12.5 Å². The number of methoxy groups -OCH3 is 1. The lowest BCUT2D eigenvalue weighted by Crippen LogP contribution is -2.12. The number of rotatable bonds is 6. The van der Waals surface area contributed by atoms with Gasteiger partial charge in [-0.05, 0) is 36.5 Å². The maximum absolute atomic E-state index is 9.20. The Hall–Kier alpha value is -0.380. The SMILES string of the molecule is COCCC(CO)Cc1ccc(Br)cc1. The number of hydrogen-bond acceptors (Lipinski definition) is 2. The van der Waals surface area contributed by atoms with Gasteiger partial charge in [0.15, 0.2) is 0 Å². The zero-order valence-electron chi connectivity index (χ0n) is 8.95. The first-order chi connectivity index (χ1) is 7.26. The average molecular weight is 273 g/mol. The minimum atomic E-state index is 0.222. The molecule has 0 aliphatic rings. The fraction of sp³-hybridized carbons (Fsp3) is 0.500. The normalized spacial score (nSPS) is 12.7. The summed E-state index contributed by atoms with van der Waals surface area (Å²) in [4.78, 5) is 0. The summed E-state index contributed by atoms with van der Waals surface area (Å²) in [6.07, 6.45) is 1.82. The Kier molecular flexibility index (Phi) is 5.91. The minimum absolute atomic E-state index is 0.222. The predicted octanol–water partition coefficient (Wildman–Crippen LogP) is 2.64. The van der Waals surface area contributed by atoms with Crippen molar-refractivity contribution in [3.05, 3.63) is 34.3 Å². The van der Waals surface area contributed by atoms with Crippen molar-refractivity contribution >= 4 is 15.9 Å². The highest BCUT2D eigenvalue weighted by molar-refractivity contribution is 9.10. The number of hydrogen-bond donors (Lipinski definition) is 1. The van der Waals surface area contributed by atoms with Gasteiger partial charge in [0.2, 0.25) is 0 Å². The van der Waals surface area contributed by atoms with Gasteiger partial charge < -0.3 is 9.84 Å². The molecular weight excluding hydrogens is 256 g/mol. The number of aliphatic hydroxyl groups is 1. The smallest absolute Gasteiger partial charge is 0.0465 e. The Balaban J connectivity index is 2.47. The second kappa shape index (κ2) is 6.99. The summed E-state index contributed by atoms with van der Waals surface area (Å²) in [6.45, 7) is 0.932. The summed E-state index contributed by atoms with van der Waals surface area (Å²) in [5.74, 6) is 0.297. The van der Waals surface area contributed by atoms with Crippen LogP contribution in [0.5, 0.6) is 0 Å². The summed E-state index contributed by atoms with van der Waals surface area (Å²) in [5, 5.41) is 9.20. The van der Waals surface area contributed by atoms with Gasteiger partial charge in [0.25, 0.3) is 0 Å². The summed E-state index contributed by atoms with van der Waals surface area (Å²) in [6, 6.07) is 8.22. The van der Waals surface area contributed by atoms with E-state index >= 15 is 0 Å². The van der Waals surface area contributed by atoms with Crippen molar-refractivity contribution in [2.45, 2.75) is 12.8 Å². The molecule has 1 aromatic rings. The molecule has 0 bridgehead atoms. The third kappa shape index (κ3) is 4.78. The van der Waals surface area contributed by atoms with Gasteiger partial charge in [-0.2, -0.15) is 0 Å². The van der Waals surface area contributed by atoms with E-state index < -0.39 is 0 Å². The Bertz CT molecular complexity index is 271. The molecule has 1 atom stereocenters. The topological polar surface area (TPSA) is 29.5 Å². The lowest BCUT2D eigenvalue weighted by molar-refractivity contribution is 0.147. The standard InChI is InChI=1S/C12H17BrO2/c1-15-7-6-11(9-14)8-10-2-4-12(13)5-3-10/h2-5,11,14H,6-9H2,1H3. The fourth-order valence-corrected chi connectivity index (χ4v) is 1.76. The number of benzene rings is 1. The molecule has 0 radical (unpaired) electrons. The molecule has 2 nitrogen and oxygen atoms in total. The fourth-order valence-electron chi connectivity index (χ4n) is 1.50. The summed E-state index contributed by atoms with van der Waals surface area (Å²) in [5.41, 5.74) is 1.26. The third-order valence-corrected chi connectivity index (χ3v) is 2.95. The molecule has 84 valence electrons. The van der Waals surface area contributed by atoms with Gasteiger partial charge >= 0.3 is 0 Å². The van der Waals surface area contributed by atoms with E-state index in [1.165, 1.54) is 5.56 Å². The highest BCUT2D eigenvalue weighted by Gasteiger charge is 2.08. The molecule has 0 amide bonds. The Labute approximate surface area is 99.4 Å². The van der Waals surface area contributed by atoms with Crippen molar-refractivity contribution in [1.29, 1.82) is 0 Å². The van der Waals surface area contributed by atoms with Crippen LogP contribution in [-0.4, -0.2) is 25.4 Å². The van der Waals surface area contributed by atoms with Crippen LogP contribution in [0.3, 0.4) is 0 Å². The van der Waals surface area contributed by atoms with E-state index in [2.05, 4.69) is 28.1 Å². The van der Waals surface area contributed by atoms with Crippen molar-refractivity contribution in [3.8, 4) is 0 Å². The van der Waals surface area contributed by atoms with Crippen LogP contribution in [-0.2, 0) is 11.2 Å². The van der Waals surface area contributed by atoms with E-state index in [1.54, 1.807) is 7.11 Å². The number of aliphatic hydroxyl groups excluding tert-OH is 1. The predicted molar refractivity (Wildman–Crippen MR) is 64.9 cm³/mol. The molecule has 0 aliphatic heterocycles. The molecule has 0 aromatic heterocycles. The van der Waals surface area contributed by atoms with Crippen LogP contribution in [0.2, 0.25) is 0 Å². The summed E-state index contributed by atoms with van der Waals surface area (Å²) < 4.78 is 6.10. The van der Waals surface area contributed by atoms with Crippen molar-refractivity contribution < 1.29 is 9.84 Å². The highest BCUT2D eigenvalue weighted by atomic mass is 79.9. The molecule has 1 aromatic carbocycles. The van der Waals surface area contributed by atoms with Crippen LogP contribution in [0.25, 0.3) is 0 Å². The molecule has 1 unspecified atom stereocenters. The molecule has 1 rings (SSSR count). The molecule has 1 N–H and O–H groups in total. The summed E-state index contributed by atoms with van der Waals surface area (Å²) in [7, 11) is 1.69. The zero-order valence-corrected chi connectivity index (χ0v) is 10.5. The Morgan fingerprint density at radius 1 is 1.33 bits per heavy atom. The zero-order chi connectivity index (χ0) is 11.1. The molecule has 0 aliphatic carbocycles. The molecule has 0 spiro atoms. The van der Waals surface area contributed by atoms with Crippen LogP contribution < -0.4 is 0 Å². The van der Waals surface area contributed by atoms with Gasteiger partial charge in [0.05, 0.1) is 0 Å². The van der Waals surface area contributed by atoms with Crippen LogP contribution in [0.4, 0.5) is 0 Å². The van der Waals surface area contributed by atoms with Crippen molar-refractivity contribution in [1.82, 2.24) is 0 Å². The van der Waals surface area contributed by atoms with Crippen LogP contribution >= 0.6 is 15.9 Å². The Morgan fingerprint density at radius 2 is 2.00 bits per heavy atom. The van der Waals surface area contributed by atoms with Crippen molar-refractivity contribution in [2.24, 2.45) is 5.92 Å². The monoisotopic (exact) mass is 272 g/mol. The first-order valence-corrected chi connectivity index (χ1v) is 5.89. The third-order valence-electron chi connectivity index (χ3n) is 2.43. The van der Waals surface area contributed by atoms with Crippen LogP contribution in [0, 0.1) is 5.92 Å². The van der Waals surface area contributed by atoms with Gasteiger partial charge in [-0.3, -0.25) is 0 Å². The van der Waals surface area contributed by atoms with Gasteiger partial charge in [0, 0.05) is 24.8 Å². The first kappa shape index (κ1) is 12.7. The van der Waals surface area contributed by atoms with E-state index in [-0.39, 0.29) is 6.61 Å².